The van der Waals surface area contributed by atoms with Gasteiger partial charge in [-0.1, -0.05) is 6.07 Å². The number of methoxy groups -OCH3 is 1. The molecule has 1 amide bonds. The molecule has 6 nitrogen and oxygen atoms in total. The number of nitro groups is 1. The molecule has 0 aliphatic carbocycles. The average molecular weight is 318 g/mol. The van der Waals surface area contributed by atoms with E-state index in [1.807, 2.05) is 6.26 Å². The Hall–Kier alpha value is -2.54. The van der Waals surface area contributed by atoms with Crippen LogP contribution >= 0.6 is 11.8 Å². The molecule has 0 heterocycles. The van der Waals surface area contributed by atoms with Gasteiger partial charge in [0.1, 0.15) is 11.3 Å². The minimum Gasteiger partial charge on any atom is -0.497 e. The molecule has 1 N–H and O–H groups in total. The molecule has 22 heavy (non-hydrogen) atoms. The van der Waals surface area contributed by atoms with Crippen molar-refractivity contribution in [2.24, 2.45) is 0 Å². The summed E-state index contributed by atoms with van der Waals surface area (Å²) in [6.07, 6.45) is 1.84. The molecule has 0 aromatic heterocycles. The van der Waals surface area contributed by atoms with E-state index in [0.29, 0.717) is 11.4 Å². The summed E-state index contributed by atoms with van der Waals surface area (Å²) < 4.78 is 5.08. The summed E-state index contributed by atoms with van der Waals surface area (Å²) in [4.78, 5) is 23.6. The van der Waals surface area contributed by atoms with Gasteiger partial charge >= 0.3 is 0 Å². The van der Waals surface area contributed by atoms with Gasteiger partial charge in [0, 0.05) is 22.7 Å². The largest absolute Gasteiger partial charge is 0.497 e. The Balaban J connectivity index is 2.33. The Bertz CT molecular complexity index is 718. The number of hydrogen-bond acceptors (Lipinski definition) is 5. The first-order valence-electron chi connectivity index (χ1n) is 6.33. The molecule has 2 rings (SSSR count). The number of hydrogen-bond donors (Lipinski definition) is 1. The zero-order valence-electron chi connectivity index (χ0n) is 12.0. The number of thioether (sulfide) groups is 1. The predicted octanol–water partition coefficient (Wildman–Crippen LogP) is 3.58. The minimum atomic E-state index is -0.565. The molecule has 0 atom stereocenters. The molecular formula is C15H14N2O4S. The third kappa shape index (κ3) is 3.56. The zero-order chi connectivity index (χ0) is 16.1. The van der Waals surface area contributed by atoms with Gasteiger partial charge in [0.05, 0.1) is 12.0 Å². The van der Waals surface area contributed by atoms with Crippen LogP contribution in [-0.4, -0.2) is 24.2 Å². The molecule has 114 valence electrons. The first kappa shape index (κ1) is 15.8. The van der Waals surface area contributed by atoms with E-state index in [2.05, 4.69) is 5.32 Å². The molecule has 0 aliphatic heterocycles. The Kier molecular flexibility index (Phi) is 5.00. The van der Waals surface area contributed by atoms with E-state index >= 15 is 0 Å². The third-order valence-electron chi connectivity index (χ3n) is 2.97. The maximum absolute atomic E-state index is 12.3. The van der Waals surface area contributed by atoms with Crippen LogP contribution in [0.25, 0.3) is 0 Å². The molecule has 2 aromatic rings. The molecule has 0 spiro atoms. The molecule has 0 fully saturated rings. The highest BCUT2D eigenvalue weighted by molar-refractivity contribution is 7.98. The summed E-state index contributed by atoms with van der Waals surface area (Å²) in [5.74, 6) is 0.0565. The monoisotopic (exact) mass is 318 g/mol. The third-order valence-corrected chi connectivity index (χ3v) is 3.70. The highest BCUT2D eigenvalue weighted by Crippen LogP contribution is 2.26. The van der Waals surface area contributed by atoms with Gasteiger partial charge in [-0.2, -0.15) is 0 Å². The molecular weight excluding hydrogens is 304 g/mol. The van der Waals surface area contributed by atoms with Gasteiger partial charge < -0.3 is 10.1 Å². The van der Waals surface area contributed by atoms with Crippen LogP contribution in [0.4, 0.5) is 11.4 Å². The van der Waals surface area contributed by atoms with Gasteiger partial charge in [0.25, 0.3) is 11.6 Å². The van der Waals surface area contributed by atoms with Crippen LogP contribution in [0, 0.1) is 10.1 Å². The first-order chi connectivity index (χ1) is 10.5. The molecule has 0 saturated heterocycles. The maximum Gasteiger partial charge on any atom is 0.282 e. The van der Waals surface area contributed by atoms with Crippen LogP contribution in [0.2, 0.25) is 0 Å². The SMILES string of the molecule is COc1cccc(NC(=O)c2cc(SC)ccc2[N+](=O)[O-])c1. The van der Waals surface area contributed by atoms with Gasteiger partial charge in [0.2, 0.25) is 0 Å². The van der Waals surface area contributed by atoms with Crippen LogP contribution in [0.3, 0.4) is 0 Å². The van der Waals surface area contributed by atoms with Gasteiger partial charge in [-0.15, -0.1) is 11.8 Å². The smallest absolute Gasteiger partial charge is 0.282 e. The van der Waals surface area contributed by atoms with Crippen molar-refractivity contribution in [1.82, 2.24) is 0 Å². The number of amides is 1. The average Bonchev–Trinajstić information content (AvgIpc) is 2.54. The second-order valence-electron chi connectivity index (χ2n) is 4.33. The van der Waals surface area contributed by atoms with Crippen molar-refractivity contribution < 1.29 is 14.5 Å². The number of benzene rings is 2. The molecule has 0 radical (unpaired) electrons. The summed E-state index contributed by atoms with van der Waals surface area (Å²) in [6.45, 7) is 0. The van der Waals surface area contributed by atoms with E-state index in [9.17, 15) is 14.9 Å². The van der Waals surface area contributed by atoms with Crippen LogP contribution in [-0.2, 0) is 0 Å². The van der Waals surface area contributed by atoms with E-state index < -0.39 is 10.8 Å². The summed E-state index contributed by atoms with van der Waals surface area (Å²) in [7, 11) is 1.52. The quantitative estimate of drug-likeness (QED) is 0.518. The second-order valence-corrected chi connectivity index (χ2v) is 5.21. The number of nitrogens with one attached hydrogen (secondary N) is 1. The number of rotatable bonds is 5. The van der Waals surface area contributed by atoms with E-state index in [-0.39, 0.29) is 11.3 Å². The van der Waals surface area contributed by atoms with Crippen molar-refractivity contribution in [3.63, 3.8) is 0 Å². The summed E-state index contributed by atoms with van der Waals surface area (Å²) >= 11 is 1.41. The van der Waals surface area contributed by atoms with Gasteiger partial charge in [-0.05, 0) is 30.5 Å². The molecule has 7 heteroatoms. The van der Waals surface area contributed by atoms with Crippen LogP contribution in [0.1, 0.15) is 10.4 Å². The Morgan fingerprint density at radius 2 is 2.05 bits per heavy atom. The Morgan fingerprint density at radius 1 is 1.27 bits per heavy atom. The normalized spacial score (nSPS) is 10.1. The fourth-order valence-corrected chi connectivity index (χ4v) is 2.32. The first-order valence-corrected chi connectivity index (χ1v) is 7.55. The number of carbonyl (C=O) groups is 1. The fraction of sp³-hybridized carbons (Fsp3) is 0.133. The fourth-order valence-electron chi connectivity index (χ4n) is 1.88. The topological polar surface area (TPSA) is 81.5 Å². The lowest BCUT2D eigenvalue weighted by atomic mass is 10.1. The summed E-state index contributed by atoms with van der Waals surface area (Å²) in [5.41, 5.74) is 0.311. The van der Waals surface area contributed by atoms with E-state index in [0.717, 1.165) is 4.90 Å². The maximum atomic E-state index is 12.3. The van der Waals surface area contributed by atoms with Crippen LogP contribution in [0.15, 0.2) is 47.4 Å². The number of carbonyl (C=O) groups excluding carboxylic acids is 1. The van der Waals surface area contributed by atoms with Gasteiger partial charge in [-0.3, -0.25) is 14.9 Å². The minimum absolute atomic E-state index is 0.0275. The van der Waals surface area contributed by atoms with Crippen molar-refractivity contribution in [1.29, 1.82) is 0 Å². The van der Waals surface area contributed by atoms with Crippen molar-refractivity contribution in [3.05, 3.63) is 58.1 Å². The highest BCUT2D eigenvalue weighted by Gasteiger charge is 2.20. The van der Waals surface area contributed by atoms with Crippen molar-refractivity contribution in [2.75, 3.05) is 18.7 Å². The predicted molar refractivity (Wildman–Crippen MR) is 85.8 cm³/mol. The lowest BCUT2D eigenvalue weighted by molar-refractivity contribution is -0.385. The number of anilines is 1. The molecule has 0 saturated carbocycles. The molecule has 0 bridgehead atoms. The van der Waals surface area contributed by atoms with Crippen molar-refractivity contribution >= 4 is 29.0 Å². The lowest BCUT2D eigenvalue weighted by Crippen LogP contribution is -2.14. The molecule has 0 unspecified atom stereocenters. The van der Waals surface area contributed by atoms with Gasteiger partial charge in [0.15, 0.2) is 0 Å². The summed E-state index contributed by atoms with van der Waals surface area (Å²) in [5, 5.41) is 13.7. The van der Waals surface area contributed by atoms with E-state index in [1.165, 1.54) is 31.0 Å². The van der Waals surface area contributed by atoms with Crippen molar-refractivity contribution in [2.45, 2.75) is 4.90 Å². The number of nitro benzene ring substituents is 1. The number of ether oxygens (including phenoxy) is 1. The van der Waals surface area contributed by atoms with Gasteiger partial charge in [-0.25, -0.2) is 0 Å². The molecule has 0 aliphatic rings. The van der Waals surface area contributed by atoms with Crippen LogP contribution < -0.4 is 10.1 Å². The second kappa shape index (κ2) is 6.95. The lowest BCUT2D eigenvalue weighted by Gasteiger charge is -2.08. The highest BCUT2D eigenvalue weighted by atomic mass is 32.2. The standard InChI is InChI=1S/C15H14N2O4S/c1-21-11-5-3-4-10(8-11)16-15(18)13-9-12(22-2)6-7-14(13)17(19)20/h3-9H,1-2H3,(H,16,18). The molecule has 2 aromatic carbocycles. The summed E-state index contributed by atoms with van der Waals surface area (Å²) in [6, 6.07) is 11.3. The van der Waals surface area contributed by atoms with Crippen LogP contribution in [0.5, 0.6) is 5.75 Å². The Morgan fingerprint density at radius 3 is 2.68 bits per heavy atom. The van der Waals surface area contributed by atoms with E-state index in [1.54, 1.807) is 30.3 Å². The Labute approximate surface area is 131 Å². The van der Waals surface area contributed by atoms with Crippen molar-refractivity contribution in [3.8, 4) is 5.75 Å². The van der Waals surface area contributed by atoms with E-state index in [4.69, 9.17) is 4.74 Å². The zero-order valence-corrected chi connectivity index (χ0v) is 12.8. The number of nitrogens with zero attached hydrogens (tertiary/aromatic N) is 1.